The van der Waals surface area contributed by atoms with Crippen LogP contribution in [0.3, 0.4) is 0 Å². The van der Waals surface area contributed by atoms with Crippen LogP contribution in [0.15, 0.2) is 42.5 Å². The molecule has 0 fully saturated rings. The summed E-state index contributed by atoms with van der Waals surface area (Å²) in [5, 5.41) is 2.48. The molecule has 0 atom stereocenters. The average Bonchev–Trinajstić information content (AvgIpc) is 2.98. The molecular formula is C17H17NO4S. The van der Waals surface area contributed by atoms with E-state index in [0.717, 1.165) is 10.4 Å². The number of benzene rings is 1. The van der Waals surface area contributed by atoms with Crippen molar-refractivity contribution in [2.75, 3.05) is 13.2 Å². The number of amides is 1. The molecule has 1 N–H and O–H groups in total. The van der Waals surface area contributed by atoms with E-state index in [1.165, 1.54) is 11.3 Å². The van der Waals surface area contributed by atoms with Crippen LogP contribution in [0.1, 0.15) is 20.1 Å². The fourth-order valence-corrected chi connectivity index (χ4v) is 2.66. The van der Waals surface area contributed by atoms with Gasteiger partial charge < -0.3 is 10.1 Å². The van der Waals surface area contributed by atoms with E-state index >= 15 is 0 Å². The number of hydrogen-bond donors (Lipinski definition) is 1. The molecule has 0 saturated heterocycles. The van der Waals surface area contributed by atoms with Gasteiger partial charge in [0, 0.05) is 4.88 Å². The highest BCUT2D eigenvalue weighted by atomic mass is 32.1. The van der Waals surface area contributed by atoms with E-state index in [9.17, 15) is 14.4 Å². The Bertz CT molecular complexity index is 694. The second-order valence-corrected chi connectivity index (χ2v) is 6.22. The fourth-order valence-electron chi connectivity index (χ4n) is 1.87. The number of ketones is 1. The minimum atomic E-state index is -0.631. The number of thiophene rings is 1. The number of hydrogen-bond acceptors (Lipinski definition) is 5. The fraction of sp³-hybridized carbons (Fsp3) is 0.235. The van der Waals surface area contributed by atoms with Crippen LogP contribution in [0.25, 0.3) is 0 Å². The molecular weight excluding hydrogens is 314 g/mol. The smallest absolute Gasteiger partial charge is 0.325 e. The zero-order valence-corrected chi connectivity index (χ0v) is 13.5. The summed E-state index contributed by atoms with van der Waals surface area (Å²) in [4.78, 5) is 36.6. The highest BCUT2D eigenvalue weighted by Crippen LogP contribution is 2.15. The van der Waals surface area contributed by atoms with E-state index in [4.69, 9.17) is 4.74 Å². The van der Waals surface area contributed by atoms with Crippen molar-refractivity contribution in [3.8, 4) is 0 Å². The Morgan fingerprint density at radius 3 is 2.48 bits per heavy atom. The van der Waals surface area contributed by atoms with Crippen LogP contribution in [0.5, 0.6) is 0 Å². The number of aryl methyl sites for hydroxylation is 1. The van der Waals surface area contributed by atoms with E-state index in [0.29, 0.717) is 4.88 Å². The molecule has 0 aliphatic carbocycles. The zero-order valence-electron chi connectivity index (χ0n) is 12.7. The first-order valence-electron chi connectivity index (χ1n) is 7.10. The third kappa shape index (κ3) is 5.67. The standard InChI is InChI=1S/C17H17NO4S/c1-12-7-8-15(23-12)14(19)11-22-17(21)10-18-16(20)9-13-5-3-2-4-6-13/h2-8H,9-11H2,1H3,(H,18,20). The van der Waals surface area contributed by atoms with Crippen LogP contribution < -0.4 is 5.32 Å². The average molecular weight is 331 g/mol. The summed E-state index contributed by atoms with van der Waals surface area (Å²) in [7, 11) is 0. The third-order valence-electron chi connectivity index (χ3n) is 3.02. The number of carbonyl (C=O) groups is 3. The maximum atomic E-state index is 11.8. The summed E-state index contributed by atoms with van der Waals surface area (Å²) in [6, 6.07) is 12.8. The largest absolute Gasteiger partial charge is 0.456 e. The van der Waals surface area contributed by atoms with Crippen LogP contribution >= 0.6 is 11.3 Å². The van der Waals surface area contributed by atoms with Crippen LogP contribution in [-0.4, -0.2) is 30.8 Å². The van der Waals surface area contributed by atoms with E-state index in [1.807, 2.05) is 43.3 Å². The second-order valence-electron chi connectivity index (χ2n) is 4.93. The lowest BCUT2D eigenvalue weighted by molar-refractivity contribution is -0.142. The van der Waals surface area contributed by atoms with E-state index in [1.54, 1.807) is 6.07 Å². The summed E-state index contributed by atoms with van der Waals surface area (Å²) in [6.45, 7) is 1.34. The van der Waals surface area contributed by atoms with E-state index in [2.05, 4.69) is 5.32 Å². The maximum Gasteiger partial charge on any atom is 0.325 e. The maximum absolute atomic E-state index is 11.8. The molecule has 23 heavy (non-hydrogen) atoms. The van der Waals surface area contributed by atoms with Crippen molar-refractivity contribution in [3.63, 3.8) is 0 Å². The van der Waals surface area contributed by atoms with Crippen molar-refractivity contribution >= 4 is 29.0 Å². The van der Waals surface area contributed by atoms with Crippen LogP contribution in [0.2, 0.25) is 0 Å². The Morgan fingerprint density at radius 1 is 1.09 bits per heavy atom. The molecule has 6 heteroatoms. The summed E-state index contributed by atoms with van der Waals surface area (Å²) >= 11 is 1.36. The molecule has 1 amide bonds. The molecule has 2 aromatic rings. The first-order valence-corrected chi connectivity index (χ1v) is 7.92. The zero-order chi connectivity index (χ0) is 16.7. The molecule has 1 aromatic carbocycles. The Morgan fingerprint density at radius 2 is 1.83 bits per heavy atom. The molecule has 0 aliphatic rings. The molecule has 120 valence electrons. The normalized spacial score (nSPS) is 10.1. The van der Waals surface area contributed by atoms with Crippen molar-refractivity contribution in [1.82, 2.24) is 5.32 Å². The van der Waals surface area contributed by atoms with Gasteiger partial charge in [0.15, 0.2) is 6.61 Å². The third-order valence-corrected chi connectivity index (χ3v) is 4.06. The van der Waals surface area contributed by atoms with Gasteiger partial charge in [0.05, 0.1) is 11.3 Å². The van der Waals surface area contributed by atoms with Gasteiger partial charge in [-0.3, -0.25) is 14.4 Å². The lowest BCUT2D eigenvalue weighted by atomic mass is 10.1. The Kier molecular flexibility index (Phi) is 6.05. The van der Waals surface area contributed by atoms with Crippen molar-refractivity contribution in [1.29, 1.82) is 0 Å². The molecule has 0 bridgehead atoms. The summed E-state index contributed by atoms with van der Waals surface area (Å²) in [6.07, 6.45) is 0.196. The van der Waals surface area contributed by atoms with E-state index < -0.39 is 5.97 Å². The number of esters is 1. The number of ether oxygens (including phenoxy) is 1. The highest BCUT2D eigenvalue weighted by Gasteiger charge is 2.12. The van der Waals surface area contributed by atoms with Gasteiger partial charge in [-0.2, -0.15) is 0 Å². The monoisotopic (exact) mass is 331 g/mol. The van der Waals surface area contributed by atoms with Crippen molar-refractivity contribution in [2.45, 2.75) is 13.3 Å². The van der Waals surface area contributed by atoms with Gasteiger partial charge in [0.2, 0.25) is 11.7 Å². The molecule has 1 aromatic heterocycles. The molecule has 1 heterocycles. The first-order chi connectivity index (χ1) is 11.0. The van der Waals surface area contributed by atoms with Gasteiger partial charge >= 0.3 is 5.97 Å². The SMILES string of the molecule is Cc1ccc(C(=O)COC(=O)CNC(=O)Cc2ccccc2)s1. The topological polar surface area (TPSA) is 72.5 Å². The summed E-state index contributed by atoms with van der Waals surface area (Å²) in [5.74, 6) is -1.14. The van der Waals surface area contributed by atoms with Crippen molar-refractivity contribution in [3.05, 3.63) is 57.8 Å². The predicted molar refractivity (Wildman–Crippen MR) is 87.5 cm³/mol. The van der Waals surface area contributed by atoms with Gasteiger partial charge in [-0.1, -0.05) is 30.3 Å². The predicted octanol–water partition coefficient (Wildman–Crippen LogP) is 2.14. The number of Topliss-reactive ketones (excluding diaryl/α,β-unsaturated/α-hetero) is 1. The molecule has 2 rings (SSSR count). The first kappa shape index (κ1) is 16.9. The Labute approximate surface area is 138 Å². The highest BCUT2D eigenvalue weighted by molar-refractivity contribution is 7.14. The second kappa shape index (κ2) is 8.24. The molecule has 0 aliphatic heterocycles. The minimum Gasteiger partial charge on any atom is -0.456 e. The lowest BCUT2D eigenvalue weighted by Gasteiger charge is -2.06. The van der Waals surface area contributed by atoms with Crippen molar-refractivity contribution < 1.29 is 19.1 Å². The van der Waals surface area contributed by atoms with Gasteiger partial charge in [0.25, 0.3) is 0 Å². The van der Waals surface area contributed by atoms with Crippen molar-refractivity contribution in [2.24, 2.45) is 0 Å². The van der Waals surface area contributed by atoms with Crippen LogP contribution in [0.4, 0.5) is 0 Å². The summed E-state index contributed by atoms with van der Waals surface area (Å²) in [5.41, 5.74) is 0.863. The molecule has 5 nitrogen and oxygen atoms in total. The lowest BCUT2D eigenvalue weighted by Crippen LogP contribution is -2.32. The Balaban J connectivity index is 1.68. The van der Waals surface area contributed by atoms with E-state index in [-0.39, 0.29) is 31.3 Å². The van der Waals surface area contributed by atoms with Crippen LogP contribution in [-0.2, 0) is 20.7 Å². The number of nitrogens with one attached hydrogen (secondary N) is 1. The number of carbonyl (C=O) groups excluding carboxylic acids is 3. The van der Waals surface area contributed by atoms with Gasteiger partial charge in [-0.25, -0.2) is 0 Å². The number of rotatable bonds is 7. The molecule has 0 unspecified atom stereocenters. The van der Waals surface area contributed by atoms with Gasteiger partial charge in [0.1, 0.15) is 6.54 Å². The molecule has 0 spiro atoms. The van der Waals surface area contributed by atoms with Gasteiger partial charge in [-0.15, -0.1) is 11.3 Å². The quantitative estimate of drug-likeness (QED) is 0.623. The summed E-state index contributed by atoms with van der Waals surface area (Å²) < 4.78 is 4.87. The minimum absolute atomic E-state index is 0.196. The van der Waals surface area contributed by atoms with Gasteiger partial charge in [-0.05, 0) is 24.6 Å². The molecule has 0 saturated carbocycles. The molecule has 0 radical (unpaired) electrons. The van der Waals surface area contributed by atoms with Crippen LogP contribution in [0, 0.1) is 6.92 Å². The Hall–Kier alpha value is -2.47.